The fraction of sp³-hybridized carbons (Fsp3) is 0.500. The summed E-state index contributed by atoms with van der Waals surface area (Å²) in [4.78, 5) is 26.1. The second-order valence-electron chi connectivity index (χ2n) is 4.92. The Morgan fingerprint density at radius 2 is 2.18 bits per heavy atom. The van der Waals surface area contributed by atoms with E-state index in [1.54, 1.807) is 0 Å². The molecule has 0 atom stereocenters. The van der Waals surface area contributed by atoms with Crippen LogP contribution in [-0.4, -0.2) is 48.3 Å². The van der Waals surface area contributed by atoms with Crippen LogP contribution < -0.4 is 10.1 Å². The highest BCUT2D eigenvalue weighted by molar-refractivity contribution is 6.32. The molecule has 1 rings (SSSR count). The average molecular weight is 331 g/mol. The van der Waals surface area contributed by atoms with Gasteiger partial charge in [0.05, 0.1) is 18.8 Å². The van der Waals surface area contributed by atoms with Gasteiger partial charge in [-0.3, -0.25) is 4.79 Å². The van der Waals surface area contributed by atoms with Crippen molar-refractivity contribution in [3.63, 3.8) is 0 Å². The first-order valence-electron chi connectivity index (χ1n) is 6.76. The zero-order valence-corrected chi connectivity index (χ0v) is 13.2. The molecule has 1 heterocycles. The van der Waals surface area contributed by atoms with Gasteiger partial charge in [0, 0.05) is 12.7 Å². The molecular weight excluding hydrogens is 312 g/mol. The molecule has 0 aromatic carbocycles. The third kappa shape index (κ3) is 6.73. The van der Waals surface area contributed by atoms with E-state index in [-0.39, 0.29) is 30.0 Å². The van der Waals surface area contributed by atoms with Crippen molar-refractivity contribution in [1.82, 2.24) is 10.3 Å². The van der Waals surface area contributed by atoms with Gasteiger partial charge in [-0.2, -0.15) is 0 Å². The number of hydrogen-bond donors (Lipinski definition) is 2. The molecule has 1 aromatic heterocycles. The minimum absolute atomic E-state index is 0.106. The number of aliphatic carboxylic acids is 1. The molecule has 0 fully saturated rings. The molecule has 0 aliphatic carbocycles. The number of nitrogens with one attached hydrogen (secondary N) is 1. The lowest BCUT2D eigenvalue weighted by molar-refractivity contribution is -0.142. The molecule has 122 valence electrons. The Morgan fingerprint density at radius 3 is 2.77 bits per heavy atom. The van der Waals surface area contributed by atoms with E-state index in [0.29, 0.717) is 18.1 Å². The van der Waals surface area contributed by atoms with Gasteiger partial charge in [0.25, 0.3) is 5.91 Å². The van der Waals surface area contributed by atoms with Gasteiger partial charge in [-0.15, -0.1) is 0 Å². The second-order valence-corrected chi connectivity index (χ2v) is 5.33. The van der Waals surface area contributed by atoms with E-state index < -0.39 is 12.6 Å². The Morgan fingerprint density at radius 1 is 1.45 bits per heavy atom. The Hall–Kier alpha value is -1.86. The van der Waals surface area contributed by atoms with Crippen molar-refractivity contribution >= 4 is 23.5 Å². The number of carbonyl (C=O) groups is 2. The summed E-state index contributed by atoms with van der Waals surface area (Å²) in [5, 5.41) is 11.2. The largest absolute Gasteiger partial charge is 0.480 e. The number of carboxylic acid groups (broad SMARTS) is 1. The highest BCUT2D eigenvalue weighted by atomic mass is 35.5. The van der Waals surface area contributed by atoms with E-state index in [9.17, 15) is 9.59 Å². The quantitative estimate of drug-likeness (QED) is 0.667. The number of nitrogens with zero attached hydrogens (tertiary/aromatic N) is 1. The zero-order chi connectivity index (χ0) is 16.5. The van der Waals surface area contributed by atoms with Gasteiger partial charge in [0.2, 0.25) is 5.88 Å². The van der Waals surface area contributed by atoms with Crippen LogP contribution in [0, 0.1) is 5.92 Å². The van der Waals surface area contributed by atoms with Crippen molar-refractivity contribution in [2.24, 2.45) is 5.92 Å². The number of carbonyl (C=O) groups excluding carboxylic acids is 1. The fourth-order valence-electron chi connectivity index (χ4n) is 1.40. The van der Waals surface area contributed by atoms with Gasteiger partial charge in [0.1, 0.15) is 11.6 Å². The lowest BCUT2D eigenvalue weighted by atomic mass is 10.2. The first kappa shape index (κ1) is 18.2. The fourth-order valence-corrected chi connectivity index (χ4v) is 1.62. The van der Waals surface area contributed by atoms with Crippen molar-refractivity contribution in [2.75, 3.05) is 26.4 Å². The maximum Gasteiger partial charge on any atom is 0.329 e. The van der Waals surface area contributed by atoms with Gasteiger partial charge in [-0.05, 0) is 12.0 Å². The maximum atomic E-state index is 11.8. The summed E-state index contributed by atoms with van der Waals surface area (Å²) in [5.41, 5.74) is 0.292. The van der Waals surface area contributed by atoms with Crippen molar-refractivity contribution in [3.05, 3.63) is 22.8 Å². The van der Waals surface area contributed by atoms with E-state index in [2.05, 4.69) is 10.3 Å². The number of halogens is 1. The normalized spacial score (nSPS) is 10.5. The monoisotopic (exact) mass is 330 g/mol. The summed E-state index contributed by atoms with van der Waals surface area (Å²) in [7, 11) is 0. The van der Waals surface area contributed by atoms with Gasteiger partial charge < -0.3 is 19.9 Å². The molecule has 0 bridgehead atoms. The molecule has 0 aliphatic rings. The Balaban J connectivity index is 2.45. The number of hydrogen-bond acceptors (Lipinski definition) is 5. The zero-order valence-electron chi connectivity index (χ0n) is 12.5. The predicted octanol–water partition coefficient (Wildman–Crippen LogP) is 1.60. The minimum atomic E-state index is -1.06. The SMILES string of the molecule is CC(C)COc1ncc(C(=O)NCCOCC(=O)O)cc1Cl. The average Bonchev–Trinajstić information content (AvgIpc) is 2.44. The van der Waals surface area contributed by atoms with Gasteiger partial charge in [0.15, 0.2) is 0 Å². The van der Waals surface area contributed by atoms with Crippen LogP contribution in [0.25, 0.3) is 0 Å². The molecule has 0 saturated heterocycles. The third-order valence-corrected chi connectivity index (χ3v) is 2.65. The molecule has 7 nitrogen and oxygen atoms in total. The van der Waals surface area contributed by atoms with Crippen LogP contribution in [0.3, 0.4) is 0 Å². The van der Waals surface area contributed by atoms with Gasteiger partial charge in [-0.1, -0.05) is 25.4 Å². The highest BCUT2D eigenvalue weighted by Gasteiger charge is 2.11. The molecule has 0 aliphatic heterocycles. The van der Waals surface area contributed by atoms with E-state index in [1.807, 2.05) is 13.8 Å². The summed E-state index contributed by atoms with van der Waals surface area (Å²) >= 11 is 6.02. The molecule has 0 saturated carbocycles. The van der Waals surface area contributed by atoms with Crippen molar-refractivity contribution in [3.8, 4) is 5.88 Å². The van der Waals surface area contributed by atoms with Crippen LogP contribution in [0.1, 0.15) is 24.2 Å². The van der Waals surface area contributed by atoms with E-state index in [1.165, 1.54) is 12.3 Å². The van der Waals surface area contributed by atoms with Crippen LogP contribution in [0.2, 0.25) is 5.02 Å². The highest BCUT2D eigenvalue weighted by Crippen LogP contribution is 2.22. The van der Waals surface area contributed by atoms with E-state index >= 15 is 0 Å². The summed E-state index contributed by atoms with van der Waals surface area (Å²) < 4.78 is 10.2. The molecule has 0 unspecified atom stereocenters. The standard InChI is InChI=1S/C14H19ClN2O5/c1-9(2)7-22-14-11(15)5-10(6-17-14)13(20)16-3-4-21-8-12(18)19/h5-6,9H,3-4,7-8H2,1-2H3,(H,16,20)(H,18,19). The Kier molecular flexibility index (Phi) is 7.62. The molecule has 1 aromatic rings. The molecule has 22 heavy (non-hydrogen) atoms. The topological polar surface area (TPSA) is 97.8 Å². The lowest BCUT2D eigenvalue weighted by Crippen LogP contribution is -2.28. The Bertz CT molecular complexity index is 522. The first-order valence-corrected chi connectivity index (χ1v) is 7.14. The van der Waals surface area contributed by atoms with Crippen LogP contribution >= 0.6 is 11.6 Å². The van der Waals surface area contributed by atoms with Crippen molar-refractivity contribution in [2.45, 2.75) is 13.8 Å². The molecule has 0 spiro atoms. The van der Waals surface area contributed by atoms with Crippen molar-refractivity contribution in [1.29, 1.82) is 0 Å². The molecular formula is C14H19ClN2O5. The van der Waals surface area contributed by atoms with E-state index in [4.69, 9.17) is 26.2 Å². The number of amides is 1. The molecule has 1 amide bonds. The second kappa shape index (κ2) is 9.22. The number of pyridine rings is 1. The van der Waals surface area contributed by atoms with Gasteiger partial charge in [-0.25, -0.2) is 9.78 Å². The summed E-state index contributed by atoms with van der Waals surface area (Å²) in [6.07, 6.45) is 1.37. The number of rotatable bonds is 9. The number of carboxylic acids is 1. The number of aromatic nitrogens is 1. The summed E-state index contributed by atoms with van der Waals surface area (Å²) in [6, 6.07) is 1.47. The van der Waals surface area contributed by atoms with Crippen molar-refractivity contribution < 1.29 is 24.2 Å². The summed E-state index contributed by atoms with van der Waals surface area (Å²) in [6.45, 7) is 4.39. The van der Waals surface area contributed by atoms with Crippen LogP contribution in [-0.2, 0) is 9.53 Å². The molecule has 8 heteroatoms. The summed E-state index contributed by atoms with van der Waals surface area (Å²) in [5.74, 6) is -0.800. The Labute approximate surface area is 133 Å². The first-order chi connectivity index (χ1) is 10.4. The smallest absolute Gasteiger partial charge is 0.329 e. The molecule has 0 radical (unpaired) electrons. The predicted molar refractivity (Wildman–Crippen MR) is 80.4 cm³/mol. The third-order valence-electron chi connectivity index (χ3n) is 2.38. The van der Waals surface area contributed by atoms with Crippen LogP contribution in [0.5, 0.6) is 5.88 Å². The minimum Gasteiger partial charge on any atom is -0.480 e. The van der Waals surface area contributed by atoms with E-state index in [0.717, 1.165) is 0 Å². The van der Waals surface area contributed by atoms with Crippen LogP contribution in [0.15, 0.2) is 12.3 Å². The van der Waals surface area contributed by atoms with Crippen LogP contribution in [0.4, 0.5) is 0 Å². The molecule has 2 N–H and O–H groups in total. The van der Waals surface area contributed by atoms with Gasteiger partial charge >= 0.3 is 5.97 Å². The maximum absolute atomic E-state index is 11.8. The number of ether oxygens (including phenoxy) is 2. The lowest BCUT2D eigenvalue weighted by Gasteiger charge is -2.10.